The number of hydrogen-bond acceptors (Lipinski definition) is 4. The molecule has 0 bridgehead atoms. The Morgan fingerprint density at radius 3 is 2.92 bits per heavy atom. The lowest BCUT2D eigenvalue weighted by Crippen LogP contribution is -2.44. The van der Waals surface area contributed by atoms with Crippen LogP contribution in [0, 0.1) is 12.8 Å². The van der Waals surface area contributed by atoms with Crippen molar-refractivity contribution >= 4 is 28.6 Å². The Balaban J connectivity index is 1.42. The third-order valence-electron chi connectivity index (χ3n) is 4.73. The van der Waals surface area contributed by atoms with Crippen molar-refractivity contribution in [2.45, 2.75) is 32.9 Å². The lowest BCUT2D eigenvalue weighted by atomic mass is 9.98. The fraction of sp³-hybridized carbons (Fsp3) is 0.526. The number of aliphatic imine (C=N–C) groups is 1. The molecule has 4 nitrogen and oxygen atoms in total. The molecule has 3 rings (SSSR count). The van der Waals surface area contributed by atoms with E-state index in [1.54, 1.807) is 11.3 Å². The van der Waals surface area contributed by atoms with Gasteiger partial charge in [0.15, 0.2) is 5.96 Å². The average Bonchev–Trinajstić information content (AvgIpc) is 3.27. The Kier molecular flexibility index (Phi) is 6.90. The van der Waals surface area contributed by atoms with Crippen LogP contribution in [0.25, 0.3) is 0 Å². The van der Waals surface area contributed by atoms with Crippen LogP contribution in [-0.4, -0.2) is 37.5 Å². The molecule has 3 heterocycles. The van der Waals surface area contributed by atoms with Crippen LogP contribution in [0.15, 0.2) is 34.0 Å². The lowest BCUT2D eigenvalue weighted by molar-refractivity contribution is 0.169. The summed E-state index contributed by atoms with van der Waals surface area (Å²) in [5.41, 5.74) is 1.35. The van der Waals surface area contributed by atoms with Crippen LogP contribution in [0.2, 0.25) is 0 Å². The molecular formula is C19H28N4S2. The van der Waals surface area contributed by atoms with Crippen LogP contribution in [0.3, 0.4) is 0 Å². The highest BCUT2D eigenvalue weighted by Gasteiger charge is 2.20. The summed E-state index contributed by atoms with van der Waals surface area (Å²) in [5.74, 6) is 1.60. The van der Waals surface area contributed by atoms with Crippen molar-refractivity contribution in [1.29, 1.82) is 0 Å². The van der Waals surface area contributed by atoms with Gasteiger partial charge in [-0.15, -0.1) is 22.7 Å². The quantitative estimate of drug-likeness (QED) is 0.597. The van der Waals surface area contributed by atoms with E-state index in [0.29, 0.717) is 5.92 Å². The second-order valence-corrected chi connectivity index (χ2v) is 8.69. The Morgan fingerprint density at radius 1 is 1.28 bits per heavy atom. The zero-order chi connectivity index (χ0) is 17.5. The Bertz CT molecular complexity index is 663. The third-order valence-corrected chi connectivity index (χ3v) is 6.61. The molecular weight excluding hydrogens is 348 g/mol. The molecule has 1 aliphatic heterocycles. The smallest absolute Gasteiger partial charge is 0.191 e. The standard InChI is InChI=1S/C19H28N4S2/c1-15-7-10-25-18(15)12-22-19(20-2)21-11-16-5-3-8-23(13-16)14-17-6-4-9-24-17/h4,6-7,9-10,16H,3,5,8,11-14H2,1-2H3,(H2,20,21,22). The van der Waals surface area contributed by atoms with Gasteiger partial charge in [0, 0.05) is 36.4 Å². The molecule has 0 aliphatic carbocycles. The number of piperidine rings is 1. The minimum atomic E-state index is 0.690. The van der Waals surface area contributed by atoms with E-state index >= 15 is 0 Å². The number of likely N-dealkylation sites (tertiary alicyclic amines) is 1. The maximum atomic E-state index is 4.37. The van der Waals surface area contributed by atoms with E-state index in [0.717, 1.165) is 25.6 Å². The van der Waals surface area contributed by atoms with Gasteiger partial charge in [0.2, 0.25) is 0 Å². The summed E-state index contributed by atoms with van der Waals surface area (Å²) >= 11 is 3.66. The number of hydrogen-bond donors (Lipinski definition) is 2. The van der Waals surface area contributed by atoms with Gasteiger partial charge < -0.3 is 10.6 Å². The molecule has 2 N–H and O–H groups in total. The number of nitrogens with zero attached hydrogens (tertiary/aromatic N) is 2. The van der Waals surface area contributed by atoms with E-state index in [4.69, 9.17) is 0 Å². The van der Waals surface area contributed by atoms with Gasteiger partial charge in [-0.05, 0) is 60.7 Å². The molecule has 1 fully saturated rings. The highest BCUT2D eigenvalue weighted by Crippen LogP contribution is 2.20. The van der Waals surface area contributed by atoms with E-state index in [1.165, 1.54) is 41.2 Å². The maximum absolute atomic E-state index is 4.37. The largest absolute Gasteiger partial charge is 0.356 e. The first-order valence-corrected chi connectivity index (χ1v) is 10.7. The summed E-state index contributed by atoms with van der Waals surface area (Å²) in [4.78, 5) is 9.81. The average molecular weight is 377 g/mol. The number of aryl methyl sites for hydroxylation is 1. The van der Waals surface area contributed by atoms with Crippen molar-refractivity contribution in [3.05, 3.63) is 44.3 Å². The highest BCUT2D eigenvalue weighted by atomic mass is 32.1. The summed E-state index contributed by atoms with van der Waals surface area (Å²) in [6.07, 6.45) is 2.59. The maximum Gasteiger partial charge on any atom is 0.191 e. The molecule has 2 aromatic heterocycles. The second-order valence-electron chi connectivity index (χ2n) is 6.66. The Hall–Kier alpha value is -1.37. The molecule has 2 aromatic rings. The Labute approximate surface area is 159 Å². The fourth-order valence-electron chi connectivity index (χ4n) is 3.30. The van der Waals surface area contributed by atoms with Crippen LogP contribution < -0.4 is 10.6 Å². The Morgan fingerprint density at radius 2 is 2.20 bits per heavy atom. The fourth-order valence-corrected chi connectivity index (χ4v) is 4.89. The molecule has 6 heteroatoms. The summed E-state index contributed by atoms with van der Waals surface area (Å²) < 4.78 is 0. The summed E-state index contributed by atoms with van der Waals surface area (Å²) in [5, 5.41) is 11.3. The molecule has 1 unspecified atom stereocenters. The highest BCUT2D eigenvalue weighted by molar-refractivity contribution is 7.10. The van der Waals surface area contributed by atoms with Crippen LogP contribution in [0.1, 0.15) is 28.2 Å². The van der Waals surface area contributed by atoms with Crippen molar-refractivity contribution in [1.82, 2.24) is 15.5 Å². The molecule has 0 amide bonds. The molecule has 1 atom stereocenters. The number of nitrogens with one attached hydrogen (secondary N) is 2. The van der Waals surface area contributed by atoms with E-state index in [-0.39, 0.29) is 0 Å². The summed E-state index contributed by atoms with van der Waals surface area (Å²) in [6, 6.07) is 6.56. The van der Waals surface area contributed by atoms with Crippen molar-refractivity contribution in [3.8, 4) is 0 Å². The molecule has 0 radical (unpaired) electrons. The van der Waals surface area contributed by atoms with Crippen molar-refractivity contribution in [2.75, 3.05) is 26.7 Å². The monoisotopic (exact) mass is 376 g/mol. The van der Waals surface area contributed by atoms with E-state index < -0.39 is 0 Å². The van der Waals surface area contributed by atoms with Crippen LogP contribution in [-0.2, 0) is 13.1 Å². The van der Waals surface area contributed by atoms with Gasteiger partial charge >= 0.3 is 0 Å². The van der Waals surface area contributed by atoms with Gasteiger partial charge in [-0.1, -0.05) is 6.07 Å². The zero-order valence-corrected chi connectivity index (χ0v) is 16.8. The van der Waals surface area contributed by atoms with Gasteiger partial charge in [0.05, 0.1) is 6.54 Å². The molecule has 0 aromatic carbocycles. The molecule has 1 aliphatic rings. The SMILES string of the molecule is CN=C(NCc1sccc1C)NCC1CCCN(Cc2cccs2)C1. The number of rotatable bonds is 6. The van der Waals surface area contributed by atoms with Gasteiger partial charge in [0.1, 0.15) is 0 Å². The predicted octanol–water partition coefficient (Wildman–Crippen LogP) is 3.70. The lowest BCUT2D eigenvalue weighted by Gasteiger charge is -2.32. The molecule has 0 spiro atoms. The predicted molar refractivity (Wildman–Crippen MR) is 110 cm³/mol. The van der Waals surface area contributed by atoms with Crippen LogP contribution in [0.4, 0.5) is 0 Å². The molecule has 1 saturated heterocycles. The van der Waals surface area contributed by atoms with Crippen molar-refractivity contribution < 1.29 is 0 Å². The molecule has 0 saturated carbocycles. The third kappa shape index (κ3) is 5.56. The van der Waals surface area contributed by atoms with E-state index in [2.05, 4.69) is 56.4 Å². The zero-order valence-electron chi connectivity index (χ0n) is 15.1. The molecule has 25 heavy (non-hydrogen) atoms. The van der Waals surface area contributed by atoms with Gasteiger partial charge in [-0.2, -0.15) is 0 Å². The van der Waals surface area contributed by atoms with Crippen molar-refractivity contribution in [2.24, 2.45) is 10.9 Å². The normalized spacial score (nSPS) is 19.1. The van der Waals surface area contributed by atoms with Gasteiger partial charge in [-0.25, -0.2) is 0 Å². The van der Waals surface area contributed by atoms with Gasteiger partial charge in [0.25, 0.3) is 0 Å². The van der Waals surface area contributed by atoms with Crippen molar-refractivity contribution in [3.63, 3.8) is 0 Å². The van der Waals surface area contributed by atoms with E-state index in [1.807, 2.05) is 18.4 Å². The minimum absolute atomic E-state index is 0.690. The number of guanidine groups is 1. The molecule has 136 valence electrons. The first-order valence-electron chi connectivity index (χ1n) is 8.97. The first-order chi connectivity index (χ1) is 12.2. The van der Waals surface area contributed by atoms with Crippen LogP contribution in [0.5, 0.6) is 0 Å². The summed E-state index contributed by atoms with van der Waals surface area (Å²) in [6.45, 7) is 7.49. The summed E-state index contributed by atoms with van der Waals surface area (Å²) in [7, 11) is 1.85. The van der Waals surface area contributed by atoms with Gasteiger partial charge in [-0.3, -0.25) is 9.89 Å². The topological polar surface area (TPSA) is 39.7 Å². The van der Waals surface area contributed by atoms with E-state index in [9.17, 15) is 0 Å². The minimum Gasteiger partial charge on any atom is -0.356 e. The van der Waals surface area contributed by atoms with Crippen LogP contribution >= 0.6 is 22.7 Å². The number of thiophene rings is 2. The first kappa shape index (κ1) is 18.4. The second kappa shape index (κ2) is 9.36.